The monoisotopic (exact) mass is 385 g/mol. The zero-order chi connectivity index (χ0) is 19.8. The molecule has 1 aliphatic heterocycles. The quantitative estimate of drug-likeness (QED) is 0.491. The van der Waals surface area contributed by atoms with Crippen LogP contribution in [0.25, 0.3) is 10.9 Å². The summed E-state index contributed by atoms with van der Waals surface area (Å²) in [6, 6.07) is 22.9. The van der Waals surface area contributed by atoms with Gasteiger partial charge < -0.3 is 4.90 Å². The van der Waals surface area contributed by atoms with Crippen molar-refractivity contribution in [1.29, 1.82) is 0 Å². The van der Waals surface area contributed by atoms with Crippen LogP contribution >= 0.6 is 0 Å². The Hall–Kier alpha value is -3.47. The summed E-state index contributed by atoms with van der Waals surface area (Å²) in [6.45, 7) is 0.366. The second-order valence-corrected chi connectivity index (χ2v) is 7.37. The van der Waals surface area contributed by atoms with Crippen molar-refractivity contribution in [3.63, 3.8) is 0 Å². The predicted molar refractivity (Wildman–Crippen MR) is 111 cm³/mol. The molecule has 0 radical (unpaired) electrons. The molecule has 1 saturated heterocycles. The Morgan fingerprint density at radius 2 is 1.79 bits per heavy atom. The highest BCUT2D eigenvalue weighted by molar-refractivity contribution is 5.98. The van der Waals surface area contributed by atoms with Crippen LogP contribution in [-0.4, -0.2) is 15.7 Å². The van der Waals surface area contributed by atoms with E-state index in [1.165, 1.54) is 6.07 Å². The number of halogens is 1. The molecule has 0 aliphatic carbocycles. The van der Waals surface area contributed by atoms with Gasteiger partial charge in [0.1, 0.15) is 5.82 Å². The van der Waals surface area contributed by atoms with Crippen molar-refractivity contribution in [1.82, 2.24) is 9.78 Å². The highest BCUT2D eigenvalue weighted by Gasteiger charge is 2.33. The minimum Gasteiger partial charge on any atom is -0.305 e. The van der Waals surface area contributed by atoms with E-state index in [1.54, 1.807) is 23.0 Å². The van der Waals surface area contributed by atoms with Gasteiger partial charge in [-0.25, -0.2) is 4.39 Å². The summed E-state index contributed by atoms with van der Waals surface area (Å²) in [6.07, 6.45) is 3.13. The topological polar surface area (TPSA) is 38.1 Å². The minimum absolute atomic E-state index is 0.0506. The lowest BCUT2D eigenvalue weighted by Gasteiger charge is -2.25. The molecule has 5 heteroatoms. The van der Waals surface area contributed by atoms with Crippen molar-refractivity contribution < 1.29 is 9.18 Å². The molecule has 2 heterocycles. The summed E-state index contributed by atoms with van der Waals surface area (Å²) in [7, 11) is 0. The first kappa shape index (κ1) is 17.6. The molecule has 1 unspecified atom stereocenters. The number of hydrogen-bond acceptors (Lipinski definition) is 2. The number of aromatic nitrogens is 2. The third kappa shape index (κ3) is 3.18. The van der Waals surface area contributed by atoms with Crippen LogP contribution in [0.3, 0.4) is 0 Å². The summed E-state index contributed by atoms with van der Waals surface area (Å²) in [5.74, 6) is -0.0990. The minimum atomic E-state index is -0.235. The molecule has 0 saturated carbocycles. The number of hydrogen-bond donors (Lipinski definition) is 0. The highest BCUT2D eigenvalue weighted by Crippen LogP contribution is 2.38. The SMILES string of the molecule is O=C1CCC(c2ccccc2)N1c1ccc2c(cnn2Cc2ccccc2F)c1. The van der Waals surface area contributed by atoms with Crippen LogP contribution in [0, 0.1) is 5.82 Å². The molecule has 0 spiro atoms. The Morgan fingerprint density at radius 3 is 2.62 bits per heavy atom. The second-order valence-electron chi connectivity index (χ2n) is 7.37. The van der Waals surface area contributed by atoms with Crippen molar-refractivity contribution in [2.75, 3.05) is 4.90 Å². The van der Waals surface area contributed by atoms with Crippen LogP contribution in [0.15, 0.2) is 79.0 Å². The van der Waals surface area contributed by atoms with E-state index in [0.29, 0.717) is 18.5 Å². The van der Waals surface area contributed by atoms with Gasteiger partial charge in [-0.2, -0.15) is 5.10 Å². The molecule has 1 aliphatic rings. The number of carbonyl (C=O) groups excluding carboxylic acids is 1. The smallest absolute Gasteiger partial charge is 0.227 e. The zero-order valence-electron chi connectivity index (χ0n) is 15.8. The molecule has 5 rings (SSSR count). The Labute approximate surface area is 168 Å². The lowest BCUT2D eigenvalue weighted by atomic mass is 10.0. The van der Waals surface area contributed by atoms with Crippen LogP contribution in [0.2, 0.25) is 0 Å². The largest absolute Gasteiger partial charge is 0.305 e. The Balaban J connectivity index is 1.49. The number of benzene rings is 3. The first-order valence-corrected chi connectivity index (χ1v) is 9.77. The van der Waals surface area contributed by atoms with Crippen LogP contribution in [0.1, 0.15) is 30.0 Å². The van der Waals surface area contributed by atoms with Crippen LogP contribution in [-0.2, 0) is 11.3 Å². The zero-order valence-corrected chi connectivity index (χ0v) is 15.8. The van der Waals surface area contributed by atoms with E-state index in [0.717, 1.165) is 28.6 Å². The van der Waals surface area contributed by atoms with E-state index in [4.69, 9.17) is 0 Å². The van der Waals surface area contributed by atoms with Crippen molar-refractivity contribution in [2.24, 2.45) is 0 Å². The maximum Gasteiger partial charge on any atom is 0.227 e. The molecular weight excluding hydrogens is 365 g/mol. The van der Waals surface area contributed by atoms with Crippen molar-refractivity contribution in [2.45, 2.75) is 25.4 Å². The van der Waals surface area contributed by atoms with Crippen LogP contribution < -0.4 is 4.90 Å². The van der Waals surface area contributed by atoms with Gasteiger partial charge in [0.25, 0.3) is 0 Å². The van der Waals surface area contributed by atoms with Crippen LogP contribution in [0.5, 0.6) is 0 Å². The summed E-state index contributed by atoms with van der Waals surface area (Å²) in [5, 5.41) is 5.38. The van der Waals surface area contributed by atoms with E-state index in [1.807, 2.05) is 47.4 Å². The number of rotatable bonds is 4. The molecule has 1 amide bonds. The Bertz CT molecular complexity index is 1190. The molecule has 144 valence electrons. The van der Waals surface area contributed by atoms with Crippen LogP contribution in [0.4, 0.5) is 10.1 Å². The van der Waals surface area contributed by atoms with Gasteiger partial charge in [-0.05, 0) is 36.2 Å². The molecule has 1 aromatic heterocycles. The molecule has 4 aromatic rings. The van der Waals surface area contributed by atoms with E-state index in [9.17, 15) is 9.18 Å². The summed E-state index contributed by atoms with van der Waals surface area (Å²) in [4.78, 5) is 14.5. The van der Waals surface area contributed by atoms with E-state index in [-0.39, 0.29) is 17.8 Å². The van der Waals surface area contributed by atoms with Gasteiger partial charge in [0, 0.05) is 23.1 Å². The highest BCUT2D eigenvalue weighted by atomic mass is 19.1. The number of amides is 1. The third-order valence-electron chi connectivity index (χ3n) is 5.58. The molecular formula is C24H20FN3O. The predicted octanol–water partition coefficient (Wildman–Crippen LogP) is 5.09. The lowest BCUT2D eigenvalue weighted by molar-refractivity contribution is -0.117. The van der Waals surface area contributed by atoms with Crippen molar-refractivity contribution in [3.8, 4) is 0 Å². The summed E-state index contributed by atoms with van der Waals surface area (Å²) < 4.78 is 15.8. The maximum absolute atomic E-state index is 14.0. The van der Waals surface area contributed by atoms with Gasteiger partial charge in [0.15, 0.2) is 0 Å². The van der Waals surface area contributed by atoms with Crippen molar-refractivity contribution >= 4 is 22.5 Å². The van der Waals surface area contributed by atoms with E-state index in [2.05, 4.69) is 17.2 Å². The third-order valence-corrected chi connectivity index (χ3v) is 5.58. The van der Waals surface area contributed by atoms with Gasteiger partial charge in [-0.3, -0.25) is 9.48 Å². The van der Waals surface area contributed by atoms with Crippen molar-refractivity contribution in [3.05, 3.63) is 95.9 Å². The molecule has 3 aromatic carbocycles. The second kappa shape index (κ2) is 7.17. The standard InChI is InChI=1S/C24H20FN3O/c25-21-9-5-4-8-18(21)16-27-22-11-10-20(14-19(22)15-26-27)28-23(12-13-24(28)29)17-6-2-1-3-7-17/h1-11,14-15,23H,12-13,16H2. The molecule has 1 atom stereocenters. The number of fused-ring (bicyclic) bond motifs is 1. The molecule has 0 bridgehead atoms. The number of carbonyl (C=O) groups is 1. The first-order chi connectivity index (χ1) is 14.2. The summed E-state index contributed by atoms with van der Waals surface area (Å²) >= 11 is 0. The van der Waals surface area contributed by atoms with Gasteiger partial charge in [-0.15, -0.1) is 0 Å². The average Bonchev–Trinajstić information content (AvgIpc) is 3.33. The fraction of sp³-hybridized carbons (Fsp3) is 0.167. The Morgan fingerprint density at radius 1 is 1.00 bits per heavy atom. The van der Waals surface area contributed by atoms with E-state index < -0.39 is 0 Å². The normalized spacial score (nSPS) is 16.7. The molecule has 0 N–H and O–H groups in total. The molecule has 29 heavy (non-hydrogen) atoms. The van der Waals surface area contributed by atoms with E-state index >= 15 is 0 Å². The maximum atomic E-state index is 14.0. The van der Waals surface area contributed by atoms with Gasteiger partial charge in [-0.1, -0.05) is 48.5 Å². The summed E-state index contributed by atoms with van der Waals surface area (Å²) in [5.41, 5.74) is 3.54. The molecule has 4 nitrogen and oxygen atoms in total. The molecule has 1 fully saturated rings. The van der Waals surface area contributed by atoms with Gasteiger partial charge in [0.2, 0.25) is 5.91 Å². The van der Waals surface area contributed by atoms with Gasteiger partial charge >= 0.3 is 0 Å². The lowest BCUT2D eigenvalue weighted by Crippen LogP contribution is -2.27. The Kier molecular flexibility index (Phi) is 4.35. The first-order valence-electron chi connectivity index (χ1n) is 9.77. The van der Waals surface area contributed by atoms with Gasteiger partial charge in [0.05, 0.1) is 24.3 Å². The fourth-order valence-corrected chi connectivity index (χ4v) is 4.14. The average molecular weight is 385 g/mol. The number of nitrogens with zero attached hydrogens (tertiary/aromatic N) is 3. The number of anilines is 1. The fourth-order valence-electron chi connectivity index (χ4n) is 4.14.